The van der Waals surface area contributed by atoms with Gasteiger partial charge in [-0.1, -0.05) is 17.7 Å². The maximum absolute atomic E-state index is 12.7. The van der Waals surface area contributed by atoms with Gasteiger partial charge in [0.05, 0.1) is 16.3 Å². The van der Waals surface area contributed by atoms with Crippen LogP contribution in [0.2, 0.25) is 5.02 Å². The highest BCUT2D eigenvalue weighted by atomic mass is 35.5. The number of ether oxygens (including phenoxy) is 2. The number of carbonyl (C=O) groups is 1. The molecule has 2 heterocycles. The summed E-state index contributed by atoms with van der Waals surface area (Å²) in [5.74, 6) is 0.565. The molecule has 1 N–H and O–H groups in total. The van der Waals surface area contributed by atoms with Crippen LogP contribution in [0.15, 0.2) is 36.5 Å². The van der Waals surface area contributed by atoms with Gasteiger partial charge in [0.1, 0.15) is 5.56 Å². The fourth-order valence-corrected chi connectivity index (χ4v) is 2.54. The molecule has 0 radical (unpaired) electrons. The summed E-state index contributed by atoms with van der Waals surface area (Å²) in [6, 6.07) is 8.87. The van der Waals surface area contributed by atoms with E-state index in [1.165, 1.54) is 0 Å². The lowest BCUT2D eigenvalue weighted by atomic mass is 9.99. The number of amides is 1. The Labute approximate surface area is 133 Å². The van der Waals surface area contributed by atoms with Crippen LogP contribution >= 0.6 is 11.6 Å². The largest absolute Gasteiger partial charge is 0.454 e. The molecule has 3 rings (SSSR count). The molecule has 22 heavy (non-hydrogen) atoms. The summed E-state index contributed by atoms with van der Waals surface area (Å²) < 4.78 is 10.7. The number of halogens is 1. The highest BCUT2D eigenvalue weighted by Gasteiger charge is 2.30. The van der Waals surface area contributed by atoms with E-state index >= 15 is 0 Å². The molecule has 1 aliphatic rings. The molecule has 1 aromatic carbocycles. The predicted octanol–water partition coefficient (Wildman–Crippen LogP) is 3.13. The van der Waals surface area contributed by atoms with E-state index in [1.807, 2.05) is 32.0 Å². The van der Waals surface area contributed by atoms with E-state index in [0.29, 0.717) is 16.5 Å². The molecule has 0 fully saturated rings. The normalized spacial score (nSPS) is 13.0. The van der Waals surface area contributed by atoms with Gasteiger partial charge in [-0.25, -0.2) is 0 Å². The van der Waals surface area contributed by atoms with Crippen molar-refractivity contribution in [2.45, 2.75) is 19.4 Å². The van der Waals surface area contributed by atoms with Gasteiger partial charge in [-0.15, -0.1) is 0 Å². The third-order valence-electron chi connectivity index (χ3n) is 3.45. The van der Waals surface area contributed by atoms with E-state index in [1.54, 1.807) is 18.3 Å². The number of fused-ring (bicyclic) bond motifs is 1. The first-order valence-electron chi connectivity index (χ1n) is 6.81. The minimum Gasteiger partial charge on any atom is -0.454 e. The topological polar surface area (TPSA) is 60.5 Å². The van der Waals surface area contributed by atoms with Gasteiger partial charge in [0, 0.05) is 6.20 Å². The predicted molar refractivity (Wildman–Crippen MR) is 82.3 cm³/mol. The van der Waals surface area contributed by atoms with Crippen molar-refractivity contribution < 1.29 is 14.3 Å². The Hall–Kier alpha value is -2.27. The van der Waals surface area contributed by atoms with Crippen LogP contribution in [0.25, 0.3) is 0 Å². The fourth-order valence-electron chi connectivity index (χ4n) is 2.30. The Bertz CT molecular complexity index is 717. The highest BCUT2D eigenvalue weighted by Crippen LogP contribution is 2.39. The van der Waals surface area contributed by atoms with Gasteiger partial charge in [-0.2, -0.15) is 0 Å². The van der Waals surface area contributed by atoms with Gasteiger partial charge in [0.25, 0.3) is 5.91 Å². The van der Waals surface area contributed by atoms with Gasteiger partial charge in [-0.3, -0.25) is 9.78 Å². The first kappa shape index (κ1) is 14.7. The molecule has 1 amide bonds. The van der Waals surface area contributed by atoms with Crippen molar-refractivity contribution in [3.8, 4) is 11.5 Å². The summed E-state index contributed by atoms with van der Waals surface area (Å²) in [6.45, 7) is 3.84. The number of hydrogen-bond acceptors (Lipinski definition) is 4. The van der Waals surface area contributed by atoms with E-state index in [-0.39, 0.29) is 18.3 Å². The van der Waals surface area contributed by atoms with Crippen molar-refractivity contribution in [1.82, 2.24) is 10.3 Å². The number of nitrogens with zero attached hydrogens (tertiary/aromatic N) is 1. The molecule has 1 aromatic heterocycles. The van der Waals surface area contributed by atoms with Crippen LogP contribution in [-0.4, -0.2) is 17.7 Å². The summed E-state index contributed by atoms with van der Waals surface area (Å²) in [4.78, 5) is 16.9. The van der Waals surface area contributed by atoms with Crippen LogP contribution in [0, 0.1) is 0 Å². The van der Waals surface area contributed by atoms with Crippen LogP contribution in [-0.2, 0) is 5.54 Å². The number of nitrogens with one attached hydrogen (secondary N) is 1. The van der Waals surface area contributed by atoms with Crippen LogP contribution in [0.5, 0.6) is 11.5 Å². The monoisotopic (exact) mass is 318 g/mol. The van der Waals surface area contributed by atoms with E-state index in [0.717, 1.165) is 5.69 Å². The van der Waals surface area contributed by atoms with E-state index in [4.69, 9.17) is 21.1 Å². The number of pyridine rings is 1. The van der Waals surface area contributed by atoms with E-state index in [9.17, 15) is 4.79 Å². The van der Waals surface area contributed by atoms with E-state index in [2.05, 4.69) is 10.3 Å². The molecule has 0 bridgehead atoms. The number of carbonyl (C=O) groups excluding carboxylic acids is 1. The Balaban J connectivity index is 1.91. The Morgan fingerprint density at radius 3 is 2.82 bits per heavy atom. The zero-order valence-electron chi connectivity index (χ0n) is 12.2. The molecule has 114 valence electrons. The van der Waals surface area contributed by atoms with E-state index < -0.39 is 5.54 Å². The second kappa shape index (κ2) is 5.50. The van der Waals surface area contributed by atoms with Crippen molar-refractivity contribution in [3.63, 3.8) is 0 Å². The van der Waals surface area contributed by atoms with Crippen LogP contribution in [0.1, 0.15) is 29.9 Å². The molecule has 0 atom stereocenters. The second-order valence-electron chi connectivity index (χ2n) is 5.45. The molecule has 0 spiro atoms. The molecule has 2 aromatic rings. The molecule has 0 aliphatic carbocycles. The number of aromatic nitrogens is 1. The molecule has 1 aliphatic heterocycles. The molecule has 6 heteroatoms. The Morgan fingerprint density at radius 1 is 1.27 bits per heavy atom. The maximum Gasteiger partial charge on any atom is 0.257 e. The van der Waals surface area contributed by atoms with Crippen LogP contribution in [0.3, 0.4) is 0 Å². The van der Waals surface area contributed by atoms with Crippen molar-refractivity contribution >= 4 is 17.5 Å². The van der Waals surface area contributed by atoms with Gasteiger partial charge < -0.3 is 14.8 Å². The quantitative estimate of drug-likeness (QED) is 0.944. The number of hydrogen-bond donors (Lipinski definition) is 1. The first-order chi connectivity index (χ1) is 10.5. The van der Waals surface area contributed by atoms with Crippen LogP contribution in [0.4, 0.5) is 0 Å². The summed E-state index contributed by atoms with van der Waals surface area (Å²) in [7, 11) is 0. The SMILES string of the molecule is CC(C)(NC(=O)c1c(Cl)ccc2c1OCO2)c1ccccn1. The minimum absolute atomic E-state index is 0.0829. The summed E-state index contributed by atoms with van der Waals surface area (Å²) in [6.07, 6.45) is 1.69. The maximum atomic E-state index is 12.7. The highest BCUT2D eigenvalue weighted by molar-refractivity contribution is 6.34. The van der Waals surface area contributed by atoms with Gasteiger partial charge in [0.2, 0.25) is 6.79 Å². The smallest absolute Gasteiger partial charge is 0.257 e. The van der Waals surface area contributed by atoms with Gasteiger partial charge in [0.15, 0.2) is 11.5 Å². The van der Waals surface area contributed by atoms with Crippen molar-refractivity contribution in [3.05, 3.63) is 52.8 Å². The summed E-state index contributed by atoms with van der Waals surface area (Å²) >= 11 is 6.17. The molecule has 0 unspecified atom stereocenters. The lowest BCUT2D eigenvalue weighted by Crippen LogP contribution is -2.41. The third-order valence-corrected chi connectivity index (χ3v) is 3.76. The number of benzene rings is 1. The standard InChI is InChI=1S/C16H15ClN2O3/c1-16(2,12-5-3-4-8-18-12)19-15(20)13-10(17)6-7-11-14(13)22-9-21-11/h3-8H,9H2,1-2H3,(H,19,20). The summed E-state index contributed by atoms with van der Waals surface area (Å²) in [5.41, 5.74) is 0.383. The lowest BCUT2D eigenvalue weighted by molar-refractivity contribution is 0.0906. The molecule has 0 saturated carbocycles. The molecule has 0 saturated heterocycles. The Morgan fingerprint density at radius 2 is 2.09 bits per heavy atom. The zero-order valence-corrected chi connectivity index (χ0v) is 13.0. The van der Waals surface area contributed by atoms with Gasteiger partial charge in [-0.05, 0) is 38.1 Å². The minimum atomic E-state index is -0.649. The van der Waals surface area contributed by atoms with Crippen LogP contribution < -0.4 is 14.8 Å². The second-order valence-corrected chi connectivity index (χ2v) is 5.86. The number of rotatable bonds is 3. The zero-order chi connectivity index (χ0) is 15.7. The lowest BCUT2D eigenvalue weighted by Gasteiger charge is -2.26. The molecular formula is C16H15ClN2O3. The van der Waals surface area contributed by atoms with Crippen molar-refractivity contribution in [1.29, 1.82) is 0 Å². The fraction of sp³-hybridized carbons (Fsp3) is 0.250. The molecule has 5 nitrogen and oxygen atoms in total. The first-order valence-corrected chi connectivity index (χ1v) is 7.19. The average molecular weight is 319 g/mol. The average Bonchev–Trinajstić information content (AvgIpc) is 2.95. The van der Waals surface area contributed by atoms with Crippen molar-refractivity contribution in [2.24, 2.45) is 0 Å². The molecular weight excluding hydrogens is 304 g/mol. The van der Waals surface area contributed by atoms with Crippen molar-refractivity contribution in [2.75, 3.05) is 6.79 Å². The third kappa shape index (κ3) is 2.60. The summed E-state index contributed by atoms with van der Waals surface area (Å²) in [5, 5.41) is 3.26. The Kier molecular flexibility index (Phi) is 3.66. The van der Waals surface area contributed by atoms with Gasteiger partial charge >= 0.3 is 0 Å².